The number of aliphatic hydroxyl groups is 1. The third-order valence-electron chi connectivity index (χ3n) is 4.94. The molecule has 8 heteroatoms. The highest BCUT2D eigenvalue weighted by Gasteiger charge is 2.34. The fourth-order valence-corrected chi connectivity index (χ4v) is 4.51. The Hall–Kier alpha value is -3.26. The molecule has 1 heterocycles. The van der Waals surface area contributed by atoms with Crippen LogP contribution in [0.15, 0.2) is 51.6 Å². The Kier molecular flexibility index (Phi) is 8.76. The summed E-state index contributed by atoms with van der Waals surface area (Å²) in [7, 11) is 0. The van der Waals surface area contributed by atoms with Gasteiger partial charge in [0, 0.05) is 12.0 Å². The summed E-state index contributed by atoms with van der Waals surface area (Å²) in [5.74, 6) is -0.0220. The number of aliphatic imine (C=N–C) groups is 1. The van der Waals surface area contributed by atoms with Gasteiger partial charge >= 0.3 is 5.97 Å². The van der Waals surface area contributed by atoms with Crippen molar-refractivity contribution in [1.29, 1.82) is 0 Å². The van der Waals surface area contributed by atoms with Gasteiger partial charge in [0.1, 0.15) is 27.9 Å². The monoisotopic (exact) mass is 483 g/mol. The molecule has 0 aromatic heterocycles. The van der Waals surface area contributed by atoms with Crippen molar-refractivity contribution in [1.82, 2.24) is 0 Å². The van der Waals surface area contributed by atoms with Crippen LogP contribution in [-0.2, 0) is 14.3 Å². The lowest BCUT2D eigenvalue weighted by Crippen LogP contribution is -2.14. The van der Waals surface area contributed by atoms with Crippen molar-refractivity contribution in [3.63, 3.8) is 0 Å². The number of carbonyl (C=O) groups excluding carboxylic acids is 2. The number of aliphatic hydroxyl groups excluding tert-OH is 1. The van der Waals surface area contributed by atoms with E-state index in [4.69, 9.17) is 14.2 Å². The van der Waals surface area contributed by atoms with Crippen LogP contribution in [-0.4, -0.2) is 41.8 Å². The molecule has 2 aromatic rings. The van der Waals surface area contributed by atoms with E-state index in [-0.39, 0.29) is 35.3 Å². The molecule has 1 N–H and O–H groups in total. The van der Waals surface area contributed by atoms with Crippen LogP contribution in [0.2, 0.25) is 0 Å². The summed E-state index contributed by atoms with van der Waals surface area (Å²) in [4.78, 5) is 29.2. The summed E-state index contributed by atoms with van der Waals surface area (Å²) in [6, 6.07) is 9.59. The van der Waals surface area contributed by atoms with Crippen molar-refractivity contribution in [2.75, 3.05) is 19.8 Å². The molecule has 0 saturated heterocycles. The van der Waals surface area contributed by atoms with Gasteiger partial charge in [-0.05, 0) is 62.2 Å². The van der Waals surface area contributed by atoms with Crippen LogP contribution in [0.25, 0.3) is 16.8 Å². The summed E-state index contributed by atoms with van der Waals surface area (Å²) < 4.78 is 16.6. The van der Waals surface area contributed by atoms with Gasteiger partial charge in [0.05, 0.1) is 24.7 Å². The second kappa shape index (κ2) is 11.7. The van der Waals surface area contributed by atoms with E-state index in [0.29, 0.717) is 36.0 Å². The zero-order valence-electron chi connectivity index (χ0n) is 19.8. The molecule has 0 radical (unpaired) electrons. The van der Waals surface area contributed by atoms with Crippen molar-refractivity contribution in [3.05, 3.63) is 52.1 Å². The minimum absolute atomic E-state index is 0.101. The molecule has 34 heavy (non-hydrogen) atoms. The maximum Gasteiger partial charge on any atom is 0.344 e. The number of carbonyl (C=O) groups is 2. The Morgan fingerprint density at radius 3 is 2.44 bits per heavy atom. The first-order valence-corrected chi connectivity index (χ1v) is 12.2. The number of hydrogen-bond donors (Lipinski definition) is 1. The van der Waals surface area contributed by atoms with Gasteiger partial charge in [-0.1, -0.05) is 30.8 Å². The minimum atomic E-state index is -0.722. The second-order valence-electron chi connectivity index (χ2n) is 7.34. The molecule has 0 atom stereocenters. The average Bonchev–Trinajstić information content (AvgIpc) is 3.10. The topological polar surface area (TPSA) is 94.4 Å². The van der Waals surface area contributed by atoms with Crippen LogP contribution in [0, 0.1) is 0 Å². The van der Waals surface area contributed by atoms with E-state index in [1.165, 1.54) is 0 Å². The highest BCUT2D eigenvalue weighted by molar-refractivity contribution is 8.18. The summed E-state index contributed by atoms with van der Waals surface area (Å²) in [5, 5.41) is 12.9. The maximum absolute atomic E-state index is 12.6. The molecule has 2 aromatic carbocycles. The smallest absolute Gasteiger partial charge is 0.344 e. The van der Waals surface area contributed by atoms with Crippen molar-refractivity contribution in [2.24, 2.45) is 4.99 Å². The van der Waals surface area contributed by atoms with Crippen LogP contribution in [0.1, 0.15) is 46.1 Å². The number of benzene rings is 2. The van der Waals surface area contributed by atoms with Gasteiger partial charge in [0.2, 0.25) is 5.91 Å². The van der Waals surface area contributed by atoms with Gasteiger partial charge in [0.25, 0.3) is 0 Å². The lowest BCUT2D eigenvalue weighted by atomic mass is 10.0. The lowest BCUT2D eigenvalue weighted by Gasteiger charge is -2.13. The van der Waals surface area contributed by atoms with Gasteiger partial charge in [-0.25, -0.2) is 9.79 Å². The number of amides is 1. The van der Waals surface area contributed by atoms with Crippen molar-refractivity contribution < 1.29 is 28.9 Å². The number of nitrogens with zero attached hydrogens (tertiary/aromatic N) is 1. The third kappa shape index (κ3) is 5.62. The van der Waals surface area contributed by atoms with Crippen molar-refractivity contribution in [3.8, 4) is 11.5 Å². The van der Waals surface area contributed by atoms with Gasteiger partial charge in [-0.15, -0.1) is 0 Å². The van der Waals surface area contributed by atoms with E-state index in [1.54, 1.807) is 13.0 Å². The molecule has 1 amide bonds. The number of esters is 1. The maximum atomic E-state index is 12.6. The largest absolute Gasteiger partial charge is 0.506 e. The van der Waals surface area contributed by atoms with E-state index in [9.17, 15) is 14.7 Å². The molecule has 0 bridgehead atoms. The predicted molar refractivity (Wildman–Crippen MR) is 135 cm³/mol. The molecule has 0 aliphatic carbocycles. The SMILES string of the molecule is CCCC(=O)N=C1S/C(=C\c2c(OCC)ccc3ccc(OCC)cc23)C(O)=C1C(=O)OCC. The molecule has 7 nitrogen and oxygen atoms in total. The van der Waals surface area contributed by atoms with Gasteiger partial charge in [-0.3, -0.25) is 4.79 Å². The molecule has 1 aliphatic rings. The molecule has 0 spiro atoms. The fraction of sp³-hybridized carbons (Fsp3) is 0.346. The Labute approximate surface area is 203 Å². The molecular formula is C26H29NO6S. The number of hydrogen-bond acceptors (Lipinski definition) is 7. The minimum Gasteiger partial charge on any atom is -0.506 e. The summed E-state index contributed by atoms with van der Waals surface area (Å²) in [5.41, 5.74) is 0.620. The van der Waals surface area contributed by atoms with E-state index in [1.807, 2.05) is 51.1 Å². The molecule has 180 valence electrons. The van der Waals surface area contributed by atoms with E-state index < -0.39 is 5.97 Å². The van der Waals surface area contributed by atoms with Gasteiger partial charge in [-0.2, -0.15) is 0 Å². The fourth-order valence-electron chi connectivity index (χ4n) is 3.49. The first-order chi connectivity index (χ1) is 16.4. The van der Waals surface area contributed by atoms with Crippen LogP contribution >= 0.6 is 11.8 Å². The third-order valence-corrected chi connectivity index (χ3v) is 5.96. The Morgan fingerprint density at radius 1 is 1.03 bits per heavy atom. The van der Waals surface area contributed by atoms with Crippen molar-refractivity contribution in [2.45, 2.75) is 40.5 Å². The molecule has 3 rings (SSSR count). The standard InChI is InChI=1S/C26H29NO6S/c1-5-9-22(28)27-25-23(26(30)33-8-4)24(29)21(34-25)15-19-18-14-17(31-6-2)12-10-16(18)11-13-20(19)32-7-3/h10-15,29H,5-9H2,1-4H3/b21-15-,27-25?. The summed E-state index contributed by atoms with van der Waals surface area (Å²) in [6.07, 6.45) is 2.62. The highest BCUT2D eigenvalue weighted by Crippen LogP contribution is 2.42. The highest BCUT2D eigenvalue weighted by atomic mass is 32.2. The average molecular weight is 484 g/mol. The van der Waals surface area contributed by atoms with Crippen LogP contribution in [0.4, 0.5) is 0 Å². The molecule has 0 unspecified atom stereocenters. The predicted octanol–water partition coefficient (Wildman–Crippen LogP) is 5.83. The summed E-state index contributed by atoms with van der Waals surface area (Å²) in [6.45, 7) is 8.47. The Morgan fingerprint density at radius 2 is 1.76 bits per heavy atom. The number of ether oxygens (including phenoxy) is 3. The molecule has 1 aliphatic heterocycles. The first kappa shape index (κ1) is 25.4. The van der Waals surface area contributed by atoms with Gasteiger partial charge in [0.15, 0.2) is 0 Å². The number of fused-ring (bicyclic) bond motifs is 1. The quantitative estimate of drug-likeness (QED) is 0.449. The van der Waals surface area contributed by atoms with E-state index >= 15 is 0 Å². The zero-order valence-corrected chi connectivity index (χ0v) is 20.7. The van der Waals surface area contributed by atoms with Crippen molar-refractivity contribution >= 4 is 45.5 Å². The lowest BCUT2D eigenvalue weighted by molar-refractivity contribution is -0.138. The normalized spacial score (nSPS) is 15.9. The van der Waals surface area contributed by atoms with Crippen LogP contribution in [0.5, 0.6) is 11.5 Å². The van der Waals surface area contributed by atoms with Gasteiger partial charge < -0.3 is 19.3 Å². The molecule has 0 saturated carbocycles. The van der Waals surface area contributed by atoms with E-state index in [0.717, 1.165) is 28.1 Å². The molecule has 0 fully saturated rings. The Bertz CT molecular complexity index is 1180. The number of thioether (sulfide) groups is 1. The second-order valence-corrected chi connectivity index (χ2v) is 8.37. The zero-order chi connectivity index (χ0) is 24.7. The first-order valence-electron chi connectivity index (χ1n) is 11.4. The van der Waals surface area contributed by atoms with Crippen LogP contribution < -0.4 is 9.47 Å². The van der Waals surface area contributed by atoms with Crippen LogP contribution in [0.3, 0.4) is 0 Å². The van der Waals surface area contributed by atoms with E-state index in [2.05, 4.69) is 4.99 Å². The number of rotatable bonds is 9. The Balaban J connectivity index is 2.19. The summed E-state index contributed by atoms with van der Waals surface area (Å²) >= 11 is 1.06. The molecular weight excluding hydrogens is 454 g/mol.